The number of hydrogen-bond donors (Lipinski definition) is 0. The Morgan fingerprint density at radius 3 is 2.46 bits per heavy atom. The van der Waals surface area contributed by atoms with Crippen LogP contribution in [-0.4, -0.2) is 24.2 Å². The topological polar surface area (TPSA) is 48.4 Å². The molecule has 0 atom stereocenters. The zero-order chi connectivity index (χ0) is 19.6. The molecule has 2 aromatic heterocycles. The summed E-state index contributed by atoms with van der Waals surface area (Å²) in [6, 6.07) is 13.6. The molecule has 0 saturated heterocycles. The highest BCUT2D eigenvalue weighted by Crippen LogP contribution is 2.30. The largest absolute Gasteiger partial charge is 0.494 e. The second-order valence-electron chi connectivity index (χ2n) is 6.16. The summed E-state index contributed by atoms with van der Waals surface area (Å²) in [5.74, 6) is 0.569. The van der Waals surface area contributed by atoms with Gasteiger partial charge in [-0.1, -0.05) is 32.9 Å². The van der Waals surface area contributed by atoms with Crippen LogP contribution in [0.2, 0.25) is 0 Å². The Bertz CT molecular complexity index is 920. The second kappa shape index (κ2) is 11.0. The van der Waals surface area contributed by atoms with Gasteiger partial charge in [0, 0.05) is 17.3 Å². The minimum Gasteiger partial charge on any atom is -0.494 e. The molecule has 0 saturated carbocycles. The lowest BCUT2D eigenvalue weighted by molar-refractivity contribution is 0.0497. The fourth-order valence-electron chi connectivity index (χ4n) is 2.57. The maximum absolute atomic E-state index is 11.8. The molecule has 2 heterocycles. The highest BCUT2D eigenvalue weighted by Gasteiger charge is 2.06. The Morgan fingerprint density at radius 1 is 1.00 bits per heavy atom. The predicted octanol–water partition coefficient (Wildman–Crippen LogP) is 6.40. The molecule has 0 aliphatic carbocycles. The molecule has 0 spiro atoms. The standard InChI is InChI=1S/C21H21NO3S3/c23-21(17-6-5-11-22-15-17)25-13-4-2-1-3-12-24-18-9-7-16(8-10-18)19-14-20(26)28-27-19/h5-11,14-15H,1-4,12-13H2. The molecular formula is C21H21NO3S3. The number of ether oxygens (including phenoxy) is 2. The van der Waals surface area contributed by atoms with Crippen molar-refractivity contribution in [3.05, 3.63) is 64.2 Å². The number of aromatic nitrogens is 1. The van der Waals surface area contributed by atoms with Crippen molar-refractivity contribution in [2.45, 2.75) is 25.7 Å². The quantitative estimate of drug-likeness (QED) is 0.161. The smallest absolute Gasteiger partial charge is 0.339 e. The van der Waals surface area contributed by atoms with Gasteiger partial charge in [0.2, 0.25) is 0 Å². The van der Waals surface area contributed by atoms with Gasteiger partial charge in [0.05, 0.1) is 18.8 Å². The van der Waals surface area contributed by atoms with Crippen LogP contribution in [0.1, 0.15) is 36.0 Å². The molecular weight excluding hydrogens is 410 g/mol. The average molecular weight is 432 g/mol. The maximum Gasteiger partial charge on any atom is 0.339 e. The van der Waals surface area contributed by atoms with E-state index >= 15 is 0 Å². The van der Waals surface area contributed by atoms with Crippen LogP contribution >= 0.6 is 32.9 Å². The Hall–Kier alpha value is -2.09. The lowest BCUT2D eigenvalue weighted by Crippen LogP contribution is -2.06. The van der Waals surface area contributed by atoms with Crippen LogP contribution in [-0.2, 0) is 4.74 Å². The number of unbranched alkanes of at least 4 members (excludes halogenated alkanes) is 3. The van der Waals surface area contributed by atoms with E-state index in [1.807, 2.05) is 18.2 Å². The minimum absolute atomic E-state index is 0.313. The van der Waals surface area contributed by atoms with Gasteiger partial charge in [-0.2, -0.15) is 0 Å². The van der Waals surface area contributed by atoms with Crippen molar-refractivity contribution in [2.24, 2.45) is 0 Å². The summed E-state index contributed by atoms with van der Waals surface area (Å²) in [6.07, 6.45) is 7.03. The van der Waals surface area contributed by atoms with Gasteiger partial charge in [-0.25, -0.2) is 4.79 Å². The van der Waals surface area contributed by atoms with Crippen molar-refractivity contribution < 1.29 is 14.3 Å². The van der Waals surface area contributed by atoms with E-state index in [2.05, 4.69) is 17.1 Å². The van der Waals surface area contributed by atoms with E-state index in [9.17, 15) is 4.79 Å². The molecule has 3 aromatic rings. The van der Waals surface area contributed by atoms with Crippen LogP contribution in [0.25, 0.3) is 10.4 Å². The summed E-state index contributed by atoms with van der Waals surface area (Å²) in [6.45, 7) is 1.12. The number of nitrogens with zero attached hydrogens (tertiary/aromatic N) is 1. The van der Waals surface area contributed by atoms with Gasteiger partial charge in [-0.15, -0.1) is 0 Å². The van der Waals surface area contributed by atoms with Crippen LogP contribution < -0.4 is 4.74 Å². The highest BCUT2D eigenvalue weighted by molar-refractivity contribution is 7.80. The molecule has 0 aliphatic heterocycles. The summed E-state index contributed by atoms with van der Waals surface area (Å²) in [4.78, 5) is 16.9. The number of hydrogen-bond acceptors (Lipinski definition) is 7. The van der Waals surface area contributed by atoms with Crippen LogP contribution in [0.15, 0.2) is 54.9 Å². The normalized spacial score (nSPS) is 10.6. The van der Waals surface area contributed by atoms with Crippen LogP contribution in [0.5, 0.6) is 5.75 Å². The number of benzene rings is 1. The lowest BCUT2D eigenvalue weighted by Gasteiger charge is -2.07. The van der Waals surface area contributed by atoms with Gasteiger partial charge in [-0.05, 0) is 73.7 Å². The van der Waals surface area contributed by atoms with E-state index in [0.29, 0.717) is 18.8 Å². The predicted molar refractivity (Wildman–Crippen MR) is 117 cm³/mol. The van der Waals surface area contributed by atoms with E-state index in [-0.39, 0.29) is 5.97 Å². The van der Waals surface area contributed by atoms with Gasteiger partial charge in [0.25, 0.3) is 0 Å². The molecule has 0 amide bonds. The summed E-state index contributed by atoms with van der Waals surface area (Å²) >= 11 is 5.18. The third-order valence-electron chi connectivity index (χ3n) is 4.04. The van der Waals surface area contributed by atoms with E-state index in [0.717, 1.165) is 35.3 Å². The monoisotopic (exact) mass is 431 g/mol. The number of rotatable bonds is 10. The number of carbonyl (C=O) groups is 1. The van der Waals surface area contributed by atoms with E-state index < -0.39 is 0 Å². The first-order valence-corrected chi connectivity index (χ1v) is 11.7. The van der Waals surface area contributed by atoms with Gasteiger partial charge < -0.3 is 9.47 Å². The Morgan fingerprint density at radius 2 is 1.79 bits per heavy atom. The molecule has 0 fully saturated rings. The van der Waals surface area contributed by atoms with Crippen molar-refractivity contribution in [3.8, 4) is 16.2 Å². The van der Waals surface area contributed by atoms with Gasteiger partial charge in [0.15, 0.2) is 0 Å². The molecule has 0 radical (unpaired) electrons. The summed E-state index contributed by atoms with van der Waals surface area (Å²) in [7, 11) is 3.33. The van der Waals surface area contributed by atoms with Gasteiger partial charge in [-0.3, -0.25) is 4.98 Å². The Kier molecular flexibility index (Phi) is 8.14. The molecule has 28 heavy (non-hydrogen) atoms. The molecule has 7 heteroatoms. The Balaban J connectivity index is 1.26. The second-order valence-corrected chi connectivity index (χ2v) is 9.07. The molecule has 0 bridgehead atoms. The summed E-state index contributed by atoms with van der Waals surface area (Å²) < 4.78 is 12.0. The number of pyridine rings is 1. The molecule has 0 unspecified atom stereocenters. The fourth-order valence-corrected chi connectivity index (χ4v) is 4.97. The highest BCUT2D eigenvalue weighted by atomic mass is 32.9. The van der Waals surface area contributed by atoms with Gasteiger partial charge in [0.1, 0.15) is 9.57 Å². The van der Waals surface area contributed by atoms with E-state index in [1.165, 1.54) is 16.6 Å². The fraction of sp³-hybridized carbons (Fsp3) is 0.286. The summed E-state index contributed by atoms with van der Waals surface area (Å²) in [5, 5.41) is 0. The third-order valence-corrected chi connectivity index (χ3v) is 6.95. The molecule has 3 rings (SSSR count). The number of carbonyl (C=O) groups excluding carboxylic acids is 1. The zero-order valence-corrected chi connectivity index (χ0v) is 17.8. The van der Waals surface area contributed by atoms with Crippen molar-refractivity contribution in [1.82, 2.24) is 4.98 Å². The van der Waals surface area contributed by atoms with Crippen LogP contribution in [0, 0.1) is 3.82 Å². The van der Waals surface area contributed by atoms with Crippen LogP contribution in [0.4, 0.5) is 0 Å². The first-order chi connectivity index (χ1) is 13.7. The molecule has 0 N–H and O–H groups in total. The molecule has 146 valence electrons. The van der Waals surface area contributed by atoms with E-state index in [1.54, 1.807) is 39.0 Å². The Labute approximate surface area is 177 Å². The SMILES string of the molecule is O=C(OCCCCCCOc1ccc(-c2cc(=S)ss2)cc1)c1cccnc1. The minimum atomic E-state index is -0.313. The first kappa shape index (κ1) is 20.6. The third kappa shape index (κ3) is 6.51. The van der Waals surface area contributed by atoms with Crippen molar-refractivity contribution in [3.63, 3.8) is 0 Å². The first-order valence-electron chi connectivity index (χ1n) is 9.13. The van der Waals surface area contributed by atoms with Gasteiger partial charge >= 0.3 is 5.97 Å². The van der Waals surface area contributed by atoms with Crippen molar-refractivity contribution >= 4 is 38.9 Å². The molecule has 0 aliphatic rings. The lowest BCUT2D eigenvalue weighted by atomic mass is 10.2. The maximum atomic E-state index is 11.8. The number of esters is 1. The van der Waals surface area contributed by atoms with E-state index in [4.69, 9.17) is 21.7 Å². The average Bonchev–Trinajstić information content (AvgIpc) is 3.17. The zero-order valence-electron chi connectivity index (χ0n) is 15.3. The van der Waals surface area contributed by atoms with Crippen LogP contribution in [0.3, 0.4) is 0 Å². The summed E-state index contributed by atoms with van der Waals surface area (Å²) in [5.41, 5.74) is 1.66. The molecule has 4 nitrogen and oxygen atoms in total. The van der Waals surface area contributed by atoms with Crippen molar-refractivity contribution in [1.29, 1.82) is 0 Å². The molecule has 1 aromatic carbocycles. The van der Waals surface area contributed by atoms with Crippen molar-refractivity contribution in [2.75, 3.05) is 13.2 Å².